The van der Waals surface area contributed by atoms with Crippen LogP contribution in [0.5, 0.6) is 11.5 Å². The van der Waals surface area contributed by atoms with E-state index in [0.717, 1.165) is 22.6 Å². The predicted octanol–water partition coefficient (Wildman–Crippen LogP) is 3.92. The zero-order valence-electron chi connectivity index (χ0n) is 14.6. The monoisotopic (exact) mass is 361 g/mol. The van der Waals surface area contributed by atoms with E-state index in [2.05, 4.69) is 15.6 Å². The van der Waals surface area contributed by atoms with Gasteiger partial charge in [-0.05, 0) is 48.0 Å². The molecule has 4 rings (SSSR count). The van der Waals surface area contributed by atoms with Crippen molar-refractivity contribution in [2.45, 2.75) is 12.6 Å². The van der Waals surface area contributed by atoms with Crippen LogP contribution in [0, 0.1) is 0 Å². The zero-order valence-corrected chi connectivity index (χ0v) is 14.6. The molecule has 1 aliphatic rings. The van der Waals surface area contributed by atoms with Crippen molar-refractivity contribution in [3.63, 3.8) is 0 Å². The van der Waals surface area contributed by atoms with Gasteiger partial charge in [0.15, 0.2) is 0 Å². The Balaban J connectivity index is 1.30. The molecule has 2 heterocycles. The normalized spacial score (nSPS) is 14.7. The summed E-state index contributed by atoms with van der Waals surface area (Å²) in [7, 11) is 0. The standard InChI is InChI=1S/C21H19N3O3/c25-21(24-19-14-27-20-4-2-1-3-18(19)20)23-16-5-7-17(8-6-16)26-13-15-9-11-22-12-10-15/h1-12,19H,13-14H2,(H2,23,24,25). The van der Waals surface area contributed by atoms with Crippen molar-refractivity contribution < 1.29 is 14.3 Å². The lowest BCUT2D eigenvalue weighted by Gasteiger charge is -2.13. The van der Waals surface area contributed by atoms with Crippen molar-refractivity contribution in [3.05, 3.63) is 84.2 Å². The van der Waals surface area contributed by atoms with Gasteiger partial charge in [0.1, 0.15) is 24.7 Å². The summed E-state index contributed by atoms with van der Waals surface area (Å²) in [5, 5.41) is 5.76. The first-order chi connectivity index (χ1) is 13.3. The highest BCUT2D eigenvalue weighted by Crippen LogP contribution is 2.31. The van der Waals surface area contributed by atoms with E-state index in [1.807, 2.05) is 48.5 Å². The van der Waals surface area contributed by atoms with Crippen LogP contribution in [-0.2, 0) is 6.61 Å². The lowest BCUT2D eigenvalue weighted by Crippen LogP contribution is -2.33. The Hall–Kier alpha value is -3.54. The highest BCUT2D eigenvalue weighted by molar-refractivity contribution is 5.89. The summed E-state index contributed by atoms with van der Waals surface area (Å²) in [6.07, 6.45) is 3.47. The van der Waals surface area contributed by atoms with Crippen LogP contribution < -0.4 is 20.1 Å². The van der Waals surface area contributed by atoms with Gasteiger partial charge in [-0.1, -0.05) is 18.2 Å². The number of carbonyl (C=O) groups is 1. The molecule has 0 bridgehead atoms. The van der Waals surface area contributed by atoms with Crippen LogP contribution in [0.2, 0.25) is 0 Å². The molecule has 1 atom stereocenters. The summed E-state index contributed by atoms with van der Waals surface area (Å²) in [6.45, 7) is 0.908. The Morgan fingerprint density at radius 1 is 1.07 bits per heavy atom. The molecular weight excluding hydrogens is 342 g/mol. The number of aromatic nitrogens is 1. The molecule has 0 saturated carbocycles. The van der Waals surface area contributed by atoms with Gasteiger partial charge in [0.05, 0.1) is 6.04 Å². The largest absolute Gasteiger partial charge is 0.491 e. The maximum absolute atomic E-state index is 12.3. The van der Waals surface area contributed by atoms with E-state index in [0.29, 0.717) is 18.9 Å². The fourth-order valence-electron chi connectivity index (χ4n) is 2.89. The molecule has 0 fully saturated rings. The number of pyridine rings is 1. The molecular formula is C21H19N3O3. The number of amides is 2. The van der Waals surface area contributed by atoms with E-state index in [4.69, 9.17) is 9.47 Å². The van der Waals surface area contributed by atoms with Gasteiger partial charge in [-0.25, -0.2) is 4.79 Å². The van der Waals surface area contributed by atoms with Crippen molar-refractivity contribution in [2.24, 2.45) is 0 Å². The van der Waals surface area contributed by atoms with E-state index in [-0.39, 0.29) is 12.1 Å². The molecule has 3 aromatic rings. The minimum atomic E-state index is -0.272. The van der Waals surface area contributed by atoms with Crippen LogP contribution in [0.25, 0.3) is 0 Å². The second kappa shape index (κ2) is 7.78. The first kappa shape index (κ1) is 16.9. The summed E-state index contributed by atoms with van der Waals surface area (Å²) in [5.41, 5.74) is 2.73. The molecule has 0 saturated heterocycles. The van der Waals surface area contributed by atoms with E-state index in [9.17, 15) is 4.79 Å². The van der Waals surface area contributed by atoms with Crippen LogP contribution in [0.3, 0.4) is 0 Å². The van der Waals surface area contributed by atoms with E-state index in [1.54, 1.807) is 24.5 Å². The topological polar surface area (TPSA) is 72.5 Å². The second-order valence-electron chi connectivity index (χ2n) is 6.17. The van der Waals surface area contributed by atoms with Crippen molar-refractivity contribution in [1.82, 2.24) is 10.3 Å². The third-order valence-corrected chi connectivity index (χ3v) is 4.27. The lowest BCUT2D eigenvalue weighted by atomic mass is 10.1. The van der Waals surface area contributed by atoms with Crippen molar-refractivity contribution in [1.29, 1.82) is 0 Å². The Morgan fingerprint density at radius 2 is 1.85 bits per heavy atom. The van der Waals surface area contributed by atoms with Crippen LogP contribution >= 0.6 is 0 Å². The van der Waals surface area contributed by atoms with Crippen LogP contribution in [0.1, 0.15) is 17.2 Å². The average molecular weight is 361 g/mol. The summed E-state index contributed by atoms with van der Waals surface area (Å²) in [6, 6.07) is 18.4. The highest BCUT2D eigenvalue weighted by Gasteiger charge is 2.24. The van der Waals surface area contributed by atoms with Gasteiger partial charge in [0, 0.05) is 23.6 Å². The number of nitrogens with one attached hydrogen (secondary N) is 2. The molecule has 2 aromatic carbocycles. The summed E-state index contributed by atoms with van der Waals surface area (Å²) >= 11 is 0. The maximum Gasteiger partial charge on any atom is 0.319 e. The molecule has 0 radical (unpaired) electrons. The van der Waals surface area contributed by atoms with Gasteiger partial charge in [-0.2, -0.15) is 0 Å². The molecule has 2 amide bonds. The molecule has 0 aliphatic carbocycles. The molecule has 1 unspecified atom stereocenters. The van der Waals surface area contributed by atoms with Crippen LogP contribution in [-0.4, -0.2) is 17.6 Å². The number of benzene rings is 2. The number of rotatable bonds is 5. The van der Waals surface area contributed by atoms with Gasteiger partial charge in [-0.15, -0.1) is 0 Å². The number of urea groups is 1. The number of nitrogens with zero attached hydrogens (tertiary/aromatic N) is 1. The Bertz CT molecular complexity index is 913. The quantitative estimate of drug-likeness (QED) is 0.723. The van der Waals surface area contributed by atoms with E-state index < -0.39 is 0 Å². The Kier molecular flexibility index (Phi) is 4.87. The summed E-state index contributed by atoms with van der Waals surface area (Å²) in [4.78, 5) is 16.2. The number of para-hydroxylation sites is 1. The van der Waals surface area contributed by atoms with E-state index in [1.165, 1.54) is 0 Å². The molecule has 0 spiro atoms. The van der Waals surface area contributed by atoms with Crippen LogP contribution in [0.15, 0.2) is 73.1 Å². The predicted molar refractivity (Wildman–Crippen MR) is 102 cm³/mol. The first-order valence-corrected chi connectivity index (χ1v) is 8.69. The highest BCUT2D eigenvalue weighted by atomic mass is 16.5. The van der Waals surface area contributed by atoms with Crippen molar-refractivity contribution in [2.75, 3.05) is 11.9 Å². The number of carbonyl (C=O) groups excluding carboxylic acids is 1. The van der Waals surface area contributed by atoms with Gasteiger partial charge in [-0.3, -0.25) is 4.98 Å². The lowest BCUT2D eigenvalue weighted by molar-refractivity contribution is 0.243. The summed E-state index contributed by atoms with van der Waals surface area (Å²) in [5.74, 6) is 1.55. The third kappa shape index (κ3) is 4.17. The molecule has 2 N–H and O–H groups in total. The van der Waals surface area contributed by atoms with Gasteiger partial charge in [0.2, 0.25) is 0 Å². The number of ether oxygens (including phenoxy) is 2. The molecule has 27 heavy (non-hydrogen) atoms. The van der Waals surface area contributed by atoms with Crippen molar-refractivity contribution >= 4 is 11.7 Å². The summed E-state index contributed by atoms with van der Waals surface area (Å²) < 4.78 is 11.3. The first-order valence-electron chi connectivity index (χ1n) is 8.69. The molecule has 6 nitrogen and oxygen atoms in total. The van der Waals surface area contributed by atoms with E-state index >= 15 is 0 Å². The number of anilines is 1. The smallest absolute Gasteiger partial charge is 0.319 e. The fourth-order valence-corrected chi connectivity index (χ4v) is 2.89. The van der Waals surface area contributed by atoms with Crippen LogP contribution in [0.4, 0.5) is 10.5 Å². The Morgan fingerprint density at radius 3 is 2.67 bits per heavy atom. The Labute approximate surface area is 157 Å². The maximum atomic E-state index is 12.3. The van der Waals surface area contributed by atoms with Gasteiger partial charge < -0.3 is 20.1 Å². The zero-order chi connectivity index (χ0) is 18.5. The van der Waals surface area contributed by atoms with Gasteiger partial charge in [0.25, 0.3) is 0 Å². The number of hydrogen-bond donors (Lipinski definition) is 2. The number of fused-ring (bicyclic) bond motifs is 1. The number of hydrogen-bond acceptors (Lipinski definition) is 4. The SMILES string of the molecule is O=C(Nc1ccc(OCc2ccncc2)cc1)NC1COc2ccccc21. The van der Waals surface area contributed by atoms with Gasteiger partial charge >= 0.3 is 6.03 Å². The fraction of sp³-hybridized carbons (Fsp3) is 0.143. The molecule has 1 aliphatic heterocycles. The average Bonchev–Trinajstić information content (AvgIpc) is 3.11. The second-order valence-corrected chi connectivity index (χ2v) is 6.17. The molecule has 1 aromatic heterocycles. The van der Waals surface area contributed by atoms with Crippen molar-refractivity contribution in [3.8, 4) is 11.5 Å². The minimum Gasteiger partial charge on any atom is -0.491 e. The molecule has 136 valence electrons. The molecule has 6 heteroatoms. The minimum absolute atomic E-state index is 0.149. The third-order valence-electron chi connectivity index (χ3n) is 4.27.